The zero-order valence-corrected chi connectivity index (χ0v) is 36.4. The largest absolute Gasteiger partial charge is 0.456 e. The molecular weight excluding hydrogens is 825 g/mol. The molecule has 0 unspecified atom stereocenters. The summed E-state index contributed by atoms with van der Waals surface area (Å²) < 4.78 is 13.7. The van der Waals surface area contributed by atoms with Gasteiger partial charge in [0.05, 0.1) is 38.9 Å². The first-order valence-corrected chi connectivity index (χ1v) is 23.2. The van der Waals surface area contributed by atoms with Crippen molar-refractivity contribution in [2.75, 3.05) is 9.80 Å². The number of benzene rings is 10. The summed E-state index contributed by atoms with van der Waals surface area (Å²) in [5.41, 5.74) is 16.5. The van der Waals surface area contributed by atoms with Crippen LogP contribution in [0.3, 0.4) is 0 Å². The number of fused-ring (bicyclic) bond motifs is 15. The molecule has 4 nitrogen and oxygen atoms in total. The number of anilines is 6. The Labute approximate surface area is 385 Å². The summed E-state index contributed by atoms with van der Waals surface area (Å²) in [6, 6.07) is 83.2. The third kappa shape index (κ3) is 5.23. The first-order valence-electron chi connectivity index (χ1n) is 22.4. The van der Waals surface area contributed by atoms with Crippen LogP contribution in [0.2, 0.25) is 0 Å². The molecule has 0 saturated heterocycles. The van der Waals surface area contributed by atoms with Crippen LogP contribution < -0.4 is 9.80 Å². The van der Waals surface area contributed by atoms with E-state index in [1.54, 1.807) is 0 Å². The molecule has 1 spiro atoms. The van der Waals surface area contributed by atoms with Crippen molar-refractivity contribution in [3.63, 3.8) is 0 Å². The second-order valence-electron chi connectivity index (χ2n) is 17.1. The zero-order valence-electron chi connectivity index (χ0n) is 35.6. The van der Waals surface area contributed by atoms with Gasteiger partial charge in [-0.1, -0.05) is 163 Å². The van der Waals surface area contributed by atoms with Crippen molar-refractivity contribution < 1.29 is 8.83 Å². The summed E-state index contributed by atoms with van der Waals surface area (Å²) >= 11 is 1.87. The second-order valence-corrected chi connectivity index (χ2v) is 18.2. The molecule has 2 aromatic heterocycles. The van der Waals surface area contributed by atoms with Gasteiger partial charge in [0.25, 0.3) is 0 Å². The van der Waals surface area contributed by atoms with Gasteiger partial charge < -0.3 is 18.6 Å². The van der Waals surface area contributed by atoms with Crippen molar-refractivity contribution in [2.45, 2.75) is 15.2 Å². The quantitative estimate of drug-likeness (QED) is 0.166. The molecule has 14 rings (SSSR count). The summed E-state index contributed by atoms with van der Waals surface area (Å²) in [5.74, 6) is 0. The van der Waals surface area contributed by atoms with Gasteiger partial charge in [0.15, 0.2) is 0 Å². The van der Waals surface area contributed by atoms with E-state index in [1.807, 2.05) is 17.8 Å². The van der Waals surface area contributed by atoms with Crippen LogP contribution in [-0.4, -0.2) is 0 Å². The van der Waals surface area contributed by atoms with Crippen LogP contribution in [0.15, 0.2) is 249 Å². The van der Waals surface area contributed by atoms with Crippen LogP contribution >= 0.6 is 11.8 Å². The van der Waals surface area contributed by atoms with Crippen LogP contribution in [0, 0.1) is 0 Å². The Morgan fingerprint density at radius 3 is 1.52 bits per heavy atom. The lowest BCUT2D eigenvalue weighted by atomic mass is 9.67. The van der Waals surface area contributed by atoms with Crippen molar-refractivity contribution in [3.8, 4) is 11.1 Å². The fourth-order valence-corrected chi connectivity index (χ4v) is 12.3. The molecule has 5 heteroatoms. The highest BCUT2D eigenvalue weighted by Crippen LogP contribution is 2.64. The van der Waals surface area contributed by atoms with Crippen molar-refractivity contribution in [2.24, 2.45) is 0 Å². The highest BCUT2D eigenvalue weighted by molar-refractivity contribution is 7.99. The minimum atomic E-state index is -0.558. The van der Waals surface area contributed by atoms with E-state index in [1.165, 1.54) is 43.2 Å². The SMILES string of the molecule is c1ccc(N(c2ccccc2)c2cc(N(c3cccc4c3-c3ccccc3C43c4ccccc4Sc4ccccc43)c3cccc4oc5ccccc5c34)c3c(c2)oc2ccccc23)cc1. The highest BCUT2D eigenvalue weighted by atomic mass is 32.2. The normalized spacial score (nSPS) is 13.2. The standard InChI is InChI=1S/C61H38N2O2S/c1-3-19-39(20-4-1)62(40-21-5-2-6-22-40)41-37-51(60-44-25-9-14-33-53(44)65-55(60)38-41)63(50-31-18-34-54-59(50)43-24-8-13-32-52(43)64-54)49-30-17-29-48-58(49)42-23-7-10-26-45(42)61(48)46-27-11-15-35-56(46)66-57-36-16-12-28-47(57)61/h1-38H. The van der Waals surface area contributed by atoms with Crippen LogP contribution in [-0.2, 0) is 5.41 Å². The molecule has 12 aromatic rings. The molecule has 0 amide bonds. The van der Waals surface area contributed by atoms with Crippen LogP contribution in [0.4, 0.5) is 34.1 Å². The van der Waals surface area contributed by atoms with E-state index in [9.17, 15) is 0 Å². The molecule has 10 aromatic carbocycles. The van der Waals surface area contributed by atoms with Gasteiger partial charge in [-0.05, 0) is 101 Å². The minimum Gasteiger partial charge on any atom is -0.456 e. The van der Waals surface area contributed by atoms with Gasteiger partial charge in [-0.25, -0.2) is 0 Å². The number of para-hydroxylation sites is 4. The number of rotatable bonds is 6. The lowest BCUT2D eigenvalue weighted by molar-refractivity contribution is 0.669. The maximum atomic E-state index is 6.96. The van der Waals surface area contributed by atoms with Gasteiger partial charge in [0.2, 0.25) is 0 Å². The lowest BCUT2D eigenvalue weighted by Crippen LogP contribution is -2.32. The molecular formula is C61H38N2O2S. The summed E-state index contributed by atoms with van der Waals surface area (Å²) in [6.45, 7) is 0. The predicted molar refractivity (Wildman–Crippen MR) is 272 cm³/mol. The van der Waals surface area contributed by atoms with Crippen molar-refractivity contribution in [3.05, 3.63) is 253 Å². The minimum absolute atomic E-state index is 0.558. The summed E-state index contributed by atoms with van der Waals surface area (Å²) in [5, 5.41) is 4.18. The first-order chi connectivity index (χ1) is 32.8. The summed E-state index contributed by atoms with van der Waals surface area (Å²) in [4.78, 5) is 7.39. The number of furan rings is 2. The Morgan fingerprint density at radius 1 is 0.333 bits per heavy atom. The van der Waals surface area contributed by atoms with Crippen LogP contribution in [0.5, 0.6) is 0 Å². The van der Waals surface area contributed by atoms with Crippen LogP contribution in [0.25, 0.3) is 55.0 Å². The number of hydrogen-bond acceptors (Lipinski definition) is 5. The molecule has 2 aliphatic rings. The molecule has 0 N–H and O–H groups in total. The second kappa shape index (κ2) is 14.4. The van der Waals surface area contributed by atoms with Gasteiger partial charge >= 0.3 is 0 Å². The van der Waals surface area contributed by atoms with E-state index in [2.05, 4.69) is 234 Å². The van der Waals surface area contributed by atoms with Gasteiger partial charge in [-0.15, -0.1) is 0 Å². The Balaban J connectivity index is 1.15. The van der Waals surface area contributed by atoms with Gasteiger partial charge in [0, 0.05) is 43.6 Å². The maximum Gasteiger partial charge on any atom is 0.139 e. The monoisotopic (exact) mass is 862 g/mol. The highest BCUT2D eigenvalue weighted by Gasteiger charge is 2.51. The summed E-state index contributed by atoms with van der Waals surface area (Å²) in [7, 11) is 0. The Bertz CT molecular complexity index is 3800. The average Bonchev–Trinajstić information content (AvgIpc) is 4.04. The molecule has 1 aliphatic carbocycles. The molecule has 0 radical (unpaired) electrons. The van der Waals surface area contributed by atoms with Crippen molar-refractivity contribution in [1.29, 1.82) is 0 Å². The van der Waals surface area contributed by atoms with Gasteiger partial charge in [0.1, 0.15) is 22.3 Å². The fraction of sp³-hybridized carbons (Fsp3) is 0.0164. The molecule has 0 fully saturated rings. The van der Waals surface area contributed by atoms with E-state index in [-0.39, 0.29) is 0 Å². The van der Waals surface area contributed by atoms with Crippen LogP contribution in [0.1, 0.15) is 22.3 Å². The van der Waals surface area contributed by atoms with E-state index in [4.69, 9.17) is 8.83 Å². The van der Waals surface area contributed by atoms with E-state index >= 15 is 0 Å². The molecule has 0 saturated carbocycles. The summed E-state index contributed by atoms with van der Waals surface area (Å²) in [6.07, 6.45) is 0. The Hall–Kier alpha value is -8.25. The molecule has 310 valence electrons. The Kier molecular flexibility index (Phi) is 8.10. The third-order valence-electron chi connectivity index (χ3n) is 13.7. The molecule has 3 heterocycles. The molecule has 0 atom stereocenters. The first kappa shape index (κ1) is 37.2. The number of hydrogen-bond donors (Lipinski definition) is 0. The molecule has 66 heavy (non-hydrogen) atoms. The fourth-order valence-electron chi connectivity index (χ4n) is 11.1. The Morgan fingerprint density at radius 2 is 0.833 bits per heavy atom. The van der Waals surface area contributed by atoms with Crippen molar-refractivity contribution in [1.82, 2.24) is 0 Å². The smallest absolute Gasteiger partial charge is 0.139 e. The predicted octanol–water partition coefficient (Wildman–Crippen LogP) is 17.3. The van der Waals surface area contributed by atoms with E-state index < -0.39 is 5.41 Å². The van der Waals surface area contributed by atoms with Gasteiger partial charge in [-0.2, -0.15) is 0 Å². The number of nitrogens with zero attached hydrogens (tertiary/aromatic N) is 2. The third-order valence-corrected chi connectivity index (χ3v) is 14.8. The maximum absolute atomic E-state index is 6.96. The topological polar surface area (TPSA) is 32.8 Å². The van der Waals surface area contributed by atoms with E-state index in [0.29, 0.717) is 0 Å². The lowest BCUT2D eigenvalue weighted by Gasteiger charge is -2.39. The van der Waals surface area contributed by atoms with Crippen molar-refractivity contribution >= 4 is 89.8 Å². The van der Waals surface area contributed by atoms with E-state index in [0.717, 1.165) is 78.0 Å². The molecule has 1 aliphatic heterocycles. The average molecular weight is 863 g/mol. The zero-order chi connectivity index (χ0) is 43.3. The molecule has 0 bridgehead atoms. The van der Waals surface area contributed by atoms with Gasteiger partial charge in [-0.3, -0.25) is 0 Å².